The number of nitrogens with one attached hydrogen (secondary N) is 1. The average molecular weight is 647 g/mol. The molecule has 9 heterocycles. The topological polar surface area (TPSA) is 109 Å². The number of aromatic nitrogens is 6. The summed E-state index contributed by atoms with van der Waals surface area (Å²) >= 11 is 6.86. The number of benzene rings is 1. The predicted octanol–water partition coefficient (Wildman–Crippen LogP) is 6.18. The second-order valence-electron chi connectivity index (χ2n) is 13.2. The van der Waals surface area contributed by atoms with Crippen molar-refractivity contribution in [2.45, 2.75) is 69.0 Å². The van der Waals surface area contributed by atoms with Crippen molar-refractivity contribution in [3.63, 3.8) is 0 Å². The number of aromatic amines is 1. The van der Waals surface area contributed by atoms with Gasteiger partial charge in [0.05, 0.1) is 28.3 Å². The molecule has 10 rings (SSSR count). The number of hydrogen-bond donors (Lipinski definition) is 1. The average Bonchev–Trinajstić information content (AvgIpc) is 3.85. The standard InChI is InChI=1S/C33H33ClF2N8O2/c34-23-10-24-21(13-38-42-24)27-20(23)5-1-6-26-39-25(16-45-26)18-4-2-8-43(14-18)31-22-12-37-30(27)28(36)29(22)40-32(41-31)46-17-33-7-3-9-44(33)15-19(35)11-33/h10,12-13,16,18-19H,1-9,11,14-15,17H2,(H,38,42)/t18?,19-,33+/m1/s1. The fraction of sp³-hybridized carbons (Fsp3) is 0.485. The van der Waals surface area contributed by atoms with E-state index in [1.165, 1.54) is 0 Å². The molecule has 3 atom stereocenters. The number of halogens is 3. The summed E-state index contributed by atoms with van der Waals surface area (Å²) < 4.78 is 43.8. The largest absolute Gasteiger partial charge is 0.461 e. The maximum atomic E-state index is 17.0. The minimum Gasteiger partial charge on any atom is -0.461 e. The molecule has 4 aromatic heterocycles. The molecule has 0 aliphatic carbocycles. The van der Waals surface area contributed by atoms with Gasteiger partial charge in [-0.1, -0.05) is 11.6 Å². The van der Waals surface area contributed by atoms with Gasteiger partial charge < -0.3 is 14.1 Å². The molecule has 5 aliphatic rings. The number of hydrogen-bond acceptors (Lipinski definition) is 9. The van der Waals surface area contributed by atoms with Gasteiger partial charge in [0.2, 0.25) is 0 Å². The fourth-order valence-corrected chi connectivity index (χ4v) is 8.52. The third-order valence-corrected chi connectivity index (χ3v) is 10.8. The van der Waals surface area contributed by atoms with Crippen molar-refractivity contribution in [2.24, 2.45) is 0 Å². The number of piperidine rings is 1. The lowest BCUT2D eigenvalue weighted by atomic mass is 9.94. The third kappa shape index (κ3) is 4.55. The first kappa shape index (κ1) is 28.3. The van der Waals surface area contributed by atoms with Crippen molar-refractivity contribution in [3.8, 4) is 17.3 Å². The van der Waals surface area contributed by atoms with Crippen LogP contribution in [0.1, 0.15) is 61.6 Å². The van der Waals surface area contributed by atoms with Gasteiger partial charge >= 0.3 is 6.01 Å². The number of fused-ring (bicyclic) bond motifs is 5. The molecule has 1 aromatic carbocycles. The summed E-state index contributed by atoms with van der Waals surface area (Å²) in [6, 6.07) is 1.90. The zero-order valence-corrected chi connectivity index (χ0v) is 26.0. The first-order chi connectivity index (χ1) is 22.5. The van der Waals surface area contributed by atoms with Crippen LogP contribution in [0.15, 0.2) is 29.1 Å². The maximum absolute atomic E-state index is 17.0. The van der Waals surface area contributed by atoms with E-state index in [9.17, 15) is 4.39 Å². The summed E-state index contributed by atoms with van der Waals surface area (Å²) in [5.41, 5.74) is 2.83. The molecular formula is C33H33ClF2N8O2. The van der Waals surface area contributed by atoms with Crippen LogP contribution in [0.25, 0.3) is 33.1 Å². The van der Waals surface area contributed by atoms with E-state index in [0.29, 0.717) is 72.0 Å². The van der Waals surface area contributed by atoms with Crippen molar-refractivity contribution in [1.82, 2.24) is 35.0 Å². The Morgan fingerprint density at radius 2 is 2.02 bits per heavy atom. The lowest BCUT2D eigenvalue weighted by Crippen LogP contribution is -2.43. The van der Waals surface area contributed by atoms with Crippen LogP contribution in [0.3, 0.4) is 0 Å². The van der Waals surface area contributed by atoms with Crippen molar-refractivity contribution in [2.75, 3.05) is 37.7 Å². The van der Waals surface area contributed by atoms with Crippen molar-refractivity contribution >= 4 is 39.2 Å². The quantitative estimate of drug-likeness (QED) is 0.246. The Morgan fingerprint density at radius 1 is 1.09 bits per heavy atom. The van der Waals surface area contributed by atoms with Crippen LogP contribution in [-0.2, 0) is 12.8 Å². The molecule has 10 nitrogen and oxygen atoms in total. The Bertz CT molecular complexity index is 1980. The van der Waals surface area contributed by atoms with E-state index < -0.39 is 17.5 Å². The van der Waals surface area contributed by atoms with Crippen LogP contribution in [0.2, 0.25) is 5.02 Å². The molecule has 3 fully saturated rings. The predicted molar refractivity (Wildman–Crippen MR) is 169 cm³/mol. The Labute approximate surface area is 268 Å². The van der Waals surface area contributed by atoms with E-state index >= 15 is 4.39 Å². The highest BCUT2D eigenvalue weighted by molar-refractivity contribution is 6.33. The van der Waals surface area contributed by atoms with E-state index in [0.717, 1.165) is 55.4 Å². The number of H-pyrrole nitrogens is 1. The van der Waals surface area contributed by atoms with Crippen LogP contribution in [0.5, 0.6) is 6.01 Å². The number of oxazole rings is 1. The van der Waals surface area contributed by atoms with Crippen molar-refractivity contribution in [1.29, 1.82) is 0 Å². The number of rotatable bonds is 3. The zero-order chi connectivity index (χ0) is 31.0. The second-order valence-corrected chi connectivity index (χ2v) is 13.6. The first-order valence-corrected chi connectivity index (χ1v) is 16.6. The number of aryl methyl sites for hydroxylation is 1. The molecule has 0 spiro atoms. The Kier molecular flexibility index (Phi) is 6.67. The van der Waals surface area contributed by atoms with Gasteiger partial charge in [-0.15, -0.1) is 0 Å². The molecule has 46 heavy (non-hydrogen) atoms. The highest BCUT2D eigenvalue weighted by atomic mass is 35.5. The van der Waals surface area contributed by atoms with Crippen molar-refractivity contribution < 1.29 is 17.9 Å². The second kappa shape index (κ2) is 10.8. The van der Waals surface area contributed by atoms with Crippen LogP contribution >= 0.6 is 11.6 Å². The van der Waals surface area contributed by atoms with E-state index in [4.69, 9.17) is 35.7 Å². The molecule has 0 saturated carbocycles. The summed E-state index contributed by atoms with van der Waals surface area (Å²) in [5.74, 6) is 0.796. The SMILES string of the molecule is Fc1c2ncc3c(nc(OC[C@@]45CCCN4C[C@H](F)C5)nc13)N1CCCC(C1)c1coc(n1)CCCc1c(Cl)cc3[nH]ncc3c1-2. The molecule has 1 unspecified atom stereocenters. The minimum atomic E-state index is -0.885. The maximum Gasteiger partial charge on any atom is 0.319 e. The summed E-state index contributed by atoms with van der Waals surface area (Å²) in [4.78, 5) is 23.5. The van der Waals surface area contributed by atoms with Gasteiger partial charge in [-0.2, -0.15) is 15.1 Å². The van der Waals surface area contributed by atoms with Crippen LogP contribution in [0.4, 0.5) is 14.6 Å². The van der Waals surface area contributed by atoms with Gasteiger partial charge in [0.15, 0.2) is 11.7 Å². The van der Waals surface area contributed by atoms with Crippen LogP contribution in [0, 0.1) is 5.82 Å². The van der Waals surface area contributed by atoms with Gasteiger partial charge in [-0.05, 0) is 56.7 Å². The number of ether oxygens (including phenoxy) is 1. The van der Waals surface area contributed by atoms with Gasteiger partial charge in [-0.25, -0.2) is 13.8 Å². The lowest BCUT2D eigenvalue weighted by molar-refractivity contribution is 0.107. The van der Waals surface area contributed by atoms with Crippen LogP contribution < -0.4 is 9.64 Å². The summed E-state index contributed by atoms with van der Waals surface area (Å²) in [5, 5.41) is 8.91. The monoisotopic (exact) mass is 646 g/mol. The number of pyridine rings is 1. The van der Waals surface area contributed by atoms with Gasteiger partial charge in [-0.3, -0.25) is 15.0 Å². The normalized spacial score (nSPS) is 24.7. The third-order valence-electron chi connectivity index (χ3n) is 10.4. The molecule has 0 amide bonds. The summed E-state index contributed by atoms with van der Waals surface area (Å²) in [7, 11) is 0. The molecule has 3 saturated heterocycles. The highest BCUT2D eigenvalue weighted by Gasteiger charge is 2.49. The zero-order valence-electron chi connectivity index (χ0n) is 25.2. The fourth-order valence-electron chi connectivity index (χ4n) is 8.22. The number of alkyl halides is 1. The lowest BCUT2D eigenvalue weighted by Gasteiger charge is -2.34. The Balaban J connectivity index is 1.23. The highest BCUT2D eigenvalue weighted by Crippen LogP contribution is 2.43. The summed E-state index contributed by atoms with van der Waals surface area (Å²) in [6.45, 7) is 2.87. The molecule has 238 valence electrons. The summed E-state index contributed by atoms with van der Waals surface area (Å²) in [6.07, 6.45) is 10.2. The Hall–Kier alpha value is -3.90. The number of anilines is 1. The van der Waals surface area contributed by atoms with E-state index in [1.54, 1.807) is 18.7 Å². The molecule has 5 aliphatic heterocycles. The Morgan fingerprint density at radius 3 is 2.96 bits per heavy atom. The molecule has 1 N–H and O–H groups in total. The molecule has 13 heteroatoms. The van der Waals surface area contributed by atoms with Crippen molar-refractivity contribution in [3.05, 3.63) is 52.7 Å². The van der Waals surface area contributed by atoms with E-state index in [2.05, 4.69) is 25.0 Å². The minimum absolute atomic E-state index is 0.0776. The first-order valence-electron chi connectivity index (χ1n) is 16.2. The molecule has 8 bridgehead atoms. The number of nitrogens with zero attached hydrogens (tertiary/aromatic N) is 7. The van der Waals surface area contributed by atoms with E-state index in [-0.39, 0.29) is 29.7 Å². The van der Waals surface area contributed by atoms with Gasteiger partial charge in [0.1, 0.15) is 36.1 Å². The smallest absolute Gasteiger partial charge is 0.319 e. The van der Waals surface area contributed by atoms with Gasteiger partial charge in [0, 0.05) is 60.6 Å². The molecule has 5 aromatic rings. The van der Waals surface area contributed by atoms with Crippen LogP contribution in [-0.4, -0.2) is 79.5 Å². The molecular weight excluding hydrogens is 614 g/mol. The van der Waals surface area contributed by atoms with E-state index in [1.807, 2.05) is 6.07 Å². The van der Waals surface area contributed by atoms with Gasteiger partial charge in [0.25, 0.3) is 0 Å². The molecule has 0 radical (unpaired) electrons.